The summed E-state index contributed by atoms with van der Waals surface area (Å²) in [6, 6.07) is 12.5. The van der Waals surface area contributed by atoms with E-state index in [1.54, 1.807) is 13.2 Å². The average molecular weight is 364 g/mol. The number of pyridine rings is 1. The zero-order valence-electron chi connectivity index (χ0n) is 15.4. The quantitative estimate of drug-likeness (QED) is 0.739. The van der Waals surface area contributed by atoms with Crippen LogP contribution in [0.2, 0.25) is 0 Å². The Bertz CT molecular complexity index is 1030. The maximum Gasteiger partial charge on any atom is 0.224 e. The molecule has 1 N–H and O–H groups in total. The van der Waals surface area contributed by atoms with Gasteiger partial charge < -0.3 is 10.1 Å². The van der Waals surface area contributed by atoms with Crippen LogP contribution in [0.3, 0.4) is 0 Å². The summed E-state index contributed by atoms with van der Waals surface area (Å²) >= 11 is 0. The molecule has 0 saturated heterocycles. The van der Waals surface area contributed by atoms with Gasteiger partial charge >= 0.3 is 0 Å². The van der Waals surface area contributed by atoms with E-state index in [0.717, 1.165) is 34.9 Å². The molecule has 0 aliphatic heterocycles. The van der Waals surface area contributed by atoms with Gasteiger partial charge in [0.1, 0.15) is 11.6 Å². The van der Waals surface area contributed by atoms with Crippen molar-refractivity contribution >= 4 is 16.8 Å². The van der Waals surface area contributed by atoms with E-state index in [0.29, 0.717) is 29.5 Å². The third kappa shape index (κ3) is 3.77. The third-order valence-corrected chi connectivity index (χ3v) is 4.82. The van der Waals surface area contributed by atoms with Crippen LogP contribution in [0.4, 0.5) is 4.39 Å². The lowest BCUT2D eigenvalue weighted by molar-refractivity contribution is -0.120. The SMILES string of the molecule is COc1ccc(F)cc1-c1cc(C)c2cc(CC(=O)NC3CC3)ccc2n1. The normalized spacial score (nSPS) is 13.6. The molecule has 0 radical (unpaired) electrons. The van der Waals surface area contributed by atoms with Gasteiger partial charge in [0.2, 0.25) is 5.91 Å². The smallest absolute Gasteiger partial charge is 0.224 e. The van der Waals surface area contributed by atoms with Crippen molar-refractivity contribution in [3.63, 3.8) is 0 Å². The van der Waals surface area contributed by atoms with Gasteiger partial charge in [0.05, 0.1) is 24.7 Å². The molecular weight excluding hydrogens is 343 g/mol. The number of carbonyl (C=O) groups is 1. The number of aryl methyl sites for hydroxylation is 1. The number of rotatable bonds is 5. The highest BCUT2D eigenvalue weighted by molar-refractivity contribution is 5.88. The van der Waals surface area contributed by atoms with E-state index in [-0.39, 0.29) is 11.7 Å². The second-order valence-corrected chi connectivity index (χ2v) is 7.04. The van der Waals surface area contributed by atoms with Crippen LogP contribution in [0, 0.1) is 12.7 Å². The minimum atomic E-state index is -0.331. The highest BCUT2D eigenvalue weighted by Crippen LogP contribution is 2.32. The molecule has 0 bridgehead atoms. The number of nitrogens with one attached hydrogen (secondary N) is 1. The Labute approximate surface area is 157 Å². The monoisotopic (exact) mass is 364 g/mol. The van der Waals surface area contributed by atoms with E-state index in [1.807, 2.05) is 31.2 Å². The molecule has 0 spiro atoms. The number of hydrogen-bond donors (Lipinski definition) is 1. The third-order valence-electron chi connectivity index (χ3n) is 4.82. The second kappa shape index (κ2) is 6.99. The van der Waals surface area contributed by atoms with E-state index in [4.69, 9.17) is 4.74 Å². The number of amides is 1. The second-order valence-electron chi connectivity index (χ2n) is 7.04. The lowest BCUT2D eigenvalue weighted by atomic mass is 10.0. The molecule has 138 valence electrons. The van der Waals surface area contributed by atoms with Crippen molar-refractivity contribution in [3.05, 3.63) is 59.4 Å². The van der Waals surface area contributed by atoms with Gasteiger partial charge in [-0.1, -0.05) is 6.07 Å². The van der Waals surface area contributed by atoms with Crippen molar-refractivity contribution in [1.29, 1.82) is 0 Å². The summed E-state index contributed by atoms with van der Waals surface area (Å²) in [6.07, 6.45) is 2.53. The molecule has 3 aromatic rings. The van der Waals surface area contributed by atoms with Crippen molar-refractivity contribution in [3.8, 4) is 17.0 Å². The molecule has 4 rings (SSSR count). The van der Waals surface area contributed by atoms with Gasteiger partial charge in [-0.15, -0.1) is 0 Å². The highest BCUT2D eigenvalue weighted by Gasteiger charge is 2.23. The summed E-state index contributed by atoms with van der Waals surface area (Å²) in [5, 5.41) is 4.00. The standard InChI is InChI=1S/C22H21FN2O2/c1-13-9-20(18-12-15(23)4-8-21(18)27-2)25-19-7-3-14(10-17(13)19)11-22(26)24-16-5-6-16/h3-4,7-10,12,16H,5-6,11H2,1-2H3,(H,24,26). The molecule has 0 atom stereocenters. The lowest BCUT2D eigenvalue weighted by Crippen LogP contribution is -2.26. The Morgan fingerprint density at radius 3 is 2.78 bits per heavy atom. The van der Waals surface area contributed by atoms with Gasteiger partial charge in [0.25, 0.3) is 0 Å². The summed E-state index contributed by atoms with van der Waals surface area (Å²) in [6.45, 7) is 1.99. The minimum Gasteiger partial charge on any atom is -0.496 e. The van der Waals surface area contributed by atoms with Gasteiger partial charge in [0, 0.05) is 17.0 Å². The Kier molecular flexibility index (Phi) is 4.52. The van der Waals surface area contributed by atoms with E-state index >= 15 is 0 Å². The molecule has 1 amide bonds. The predicted octanol–water partition coefficient (Wildman–Crippen LogP) is 4.18. The first kappa shape index (κ1) is 17.5. The zero-order valence-corrected chi connectivity index (χ0v) is 15.4. The summed E-state index contributed by atoms with van der Waals surface area (Å²) in [4.78, 5) is 16.7. The summed E-state index contributed by atoms with van der Waals surface area (Å²) < 4.78 is 19.1. The molecular formula is C22H21FN2O2. The minimum absolute atomic E-state index is 0.0589. The fourth-order valence-electron chi connectivity index (χ4n) is 3.26. The Balaban J connectivity index is 1.69. The highest BCUT2D eigenvalue weighted by atomic mass is 19.1. The fraction of sp³-hybridized carbons (Fsp3) is 0.273. The van der Waals surface area contributed by atoms with Crippen molar-refractivity contribution in [1.82, 2.24) is 10.3 Å². The van der Waals surface area contributed by atoms with Crippen molar-refractivity contribution in [2.24, 2.45) is 0 Å². The van der Waals surface area contributed by atoms with Gasteiger partial charge in [0.15, 0.2) is 0 Å². The molecule has 1 aliphatic carbocycles. The first-order valence-corrected chi connectivity index (χ1v) is 9.07. The zero-order chi connectivity index (χ0) is 19.0. The van der Waals surface area contributed by atoms with Gasteiger partial charge in [-0.2, -0.15) is 0 Å². The predicted molar refractivity (Wildman–Crippen MR) is 103 cm³/mol. The van der Waals surface area contributed by atoms with Gasteiger partial charge in [-0.25, -0.2) is 9.37 Å². The summed E-state index contributed by atoms with van der Waals surface area (Å²) in [7, 11) is 1.56. The van der Waals surface area contributed by atoms with Crippen LogP contribution in [-0.2, 0) is 11.2 Å². The van der Waals surface area contributed by atoms with E-state index < -0.39 is 0 Å². The van der Waals surface area contributed by atoms with Gasteiger partial charge in [-0.3, -0.25) is 4.79 Å². The number of benzene rings is 2. The molecule has 1 aromatic heterocycles. The first-order chi connectivity index (χ1) is 13.0. The van der Waals surface area contributed by atoms with Crippen LogP contribution < -0.4 is 10.1 Å². The number of fused-ring (bicyclic) bond motifs is 1. The van der Waals surface area contributed by atoms with Crippen LogP contribution in [-0.4, -0.2) is 24.0 Å². The van der Waals surface area contributed by atoms with Crippen LogP contribution >= 0.6 is 0 Å². The number of halogens is 1. The number of carbonyl (C=O) groups excluding carboxylic acids is 1. The molecule has 27 heavy (non-hydrogen) atoms. The molecule has 1 aliphatic rings. The first-order valence-electron chi connectivity index (χ1n) is 9.07. The van der Waals surface area contributed by atoms with Crippen LogP contribution in [0.5, 0.6) is 5.75 Å². The van der Waals surface area contributed by atoms with Crippen molar-refractivity contribution in [2.45, 2.75) is 32.2 Å². The number of hydrogen-bond acceptors (Lipinski definition) is 3. The van der Waals surface area contributed by atoms with E-state index in [9.17, 15) is 9.18 Å². The topological polar surface area (TPSA) is 51.2 Å². The molecule has 4 nitrogen and oxygen atoms in total. The van der Waals surface area contributed by atoms with Gasteiger partial charge in [-0.05, 0) is 67.3 Å². The lowest BCUT2D eigenvalue weighted by Gasteiger charge is -2.12. The maximum absolute atomic E-state index is 13.7. The van der Waals surface area contributed by atoms with Crippen molar-refractivity contribution < 1.29 is 13.9 Å². The van der Waals surface area contributed by atoms with Crippen molar-refractivity contribution in [2.75, 3.05) is 7.11 Å². The number of methoxy groups -OCH3 is 1. The summed E-state index contributed by atoms with van der Waals surface area (Å²) in [5.74, 6) is 0.307. The Morgan fingerprint density at radius 2 is 2.04 bits per heavy atom. The van der Waals surface area contributed by atoms with E-state index in [2.05, 4.69) is 10.3 Å². The Hall–Kier alpha value is -2.95. The molecule has 1 fully saturated rings. The van der Waals surface area contributed by atoms with Crippen LogP contribution in [0.15, 0.2) is 42.5 Å². The largest absolute Gasteiger partial charge is 0.496 e. The Morgan fingerprint density at radius 1 is 1.22 bits per heavy atom. The fourth-order valence-corrected chi connectivity index (χ4v) is 3.26. The van der Waals surface area contributed by atoms with E-state index in [1.165, 1.54) is 12.1 Å². The van der Waals surface area contributed by atoms with Crippen LogP contribution in [0.25, 0.3) is 22.2 Å². The molecule has 5 heteroatoms. The molecule has 1 saturated carbocycles. The molecule has 0 unspecified atom stereocenters. The summed E-state index contributed by atoms with van der Waals surface area (Å²) in [5.41, 5.74) is 4.07. The number of aromatic nitrogens is 1. The maximum atomic E-state index is 13.7. The average Bonchev–Trinajstić information content (AvgIpc) is 3.46. The molecule has 1 heterocycles. The number of ether oxygens (including phenoxy) is 1. The number of nitrogens with zero attached hydrogens (tertiary/aromatic N) is 1. The molecule has 2 aromatic carbocycles. The van der Waals surface area contributed by atoms with Crippen LogP contribution in [0.1, 0.15) is 24.0 Å².